The lowest BCUT2D eigenvalue weighted by atomic mass is 10.0. The van der Waals surface area contributed by atoms with Crippen LogP contribution in [0.15, 0.2) is 42.5 Å². The van der Waals surface area contributed by atoms with Crippen LogP contribution in [0.3, 0.4) is 0 Å². The van der Waals surface area contributed by atoms with E-state index in [1.165, 1.54) is 10.8 Å². The van der Waals surface area contributed by atoms with Crippen LogP contribution in [0.5, 0.6) is 0 Å². The molecular weight excluding hydrogens is 236 g/mol. The second kappa shape index (κ2) is 6.34. The summed E-state index contributed by atoms with van der Waals surface area (Å²) in [5.74, 6) is 0.0518. The van der Waals surface area contributed by atoms with Gasteiger partial charge in [0.05, 0.1) is 6.42 Å². The van der Waals surface area contributed by atoms with E-state index in [0.29, 0.717) is 13.0 Å². The van der Waals surface area contributed by atoms with Gasteiger partial charge in [0.1, 0.15) is 0 Å². The molecule has 100 valence electrons. The predicted octanol–water partition coefficient (Wildman–Crippen LogP) is 2.24. The molecule has 2 aromatic rings. The molecule has 0 aliphatic heterocycles. The molecule has 0 fully saturated rings. The van der Waals surface area contributed by atoms with Crippen molar-refractivity contribution in [3.8, 4) is 0 Å². The van der Waals surface area contributed by atoms with Gasteiger partial charge < -0.3 is 11.1 Å². The molecule has 0 spiro atoms. The molecule has 3 nitrogen and oxygen atoms in total. The molecule has 3 N–H and O–H groups in total. The van der Waals surface area contributed by atoms with E-state index < -0.39 is 0 Å². The molecule has 0 aromatic heterocycles. The second-order valence-corrected chi connectivity index (χ2v) is 4.97. The van der Waals surface area contributed by atoms with Crippen molar-refractivity contribution in [2.75, 3.05) is 6.54 Å². The van der Waals surface area contributed by atoms with Crippen LogP contribution >= 0.6 is 0 Å². The fourth-order valence-corrected chi connectivity index (χ4v) is 2.04. The van der Waals surface area contributed by atoms with Gasteiger partial charge >= 0.3 is 0 Å². The van der Waals surface area contributed by atoms with Crippen LogP contribution in [0.4, 0.5) is 0 Å². The number of benzene rings is 2. The van der Waals surface area contributed by atoms with Gasteiger partial charge in [-0.1, -0.05) is 42.5 Å². The summed E-state index contributed by atoms with van der Waals surface area (Å²) in [6.07, 6.45) is 1.23. The average Bonchev–Trinajstić information content (AvgIpc) is 2.38. The monoisotopic (exact) mass is 256 g/mol. The molecule has 1 atom stereocenters. The van der Waals surface area contributed by atoms with Crippen molar-refractivity contribution in [3.63, 3.8) is 0 Å². The number of hydrogen-bond acceptors (Lipinski definition) is 2. The number of nitrogens with one attached hydrogen (secondary N) is 1. The van der Waals surface area contributed by atoms with Crippen molar-refractivity contribution in [2.45, 2.75) is 25.8 Å². The second-order valence-electron chi connectivity index (χ2n) is 4.97. The Morgan fingerprint density at radius 2 is 1.95 bits per heavy atom. The number of hydrogen-bond donors (Lipinski definition) is 2. The van der Waals surface area contributed by atoms with Crippen molar-refractivity contribution in [3.05, 3.63) is 48.0 Å². The molecule has 0 bridgehead atoms. The molecule has 0 radical (unpaired) electrons. The number of amides is 1. The zero-order chi connectivity index (χ0) is 13.7. The van der Waals surface area contributed by atoms with Crippen LogP contribution < -0.4 is 11.1 Å². The Labute approximate surface area is 113 Å². The lowest BCUT2D eigenvalue weighted by molar-refractivity contribution is -0.120. The summed E-state index contributed by atoms with van der Waals surface area (Å²) in [6, 6.07) is 14.4. The number of carbonyl (C=O) groups is 1. The maximum absolute atomic E-state index is 11.8. The first-order valence-corrected chi connectivity index (χ1v) is 6.65. The summed E-state index contributed by atoms with van der Waals surface area (Å²) < 4.78 is 0. The fourth-order valence-electron chi connectivity index (χ4n) is 2.04. The van der Waals surface area contributed by atoms with Crippen molar-refractivity contribution in [2.24, 2.45) is 5.73 Å². The molecule has 3 heteroatoms. The van der Waals surface area contributed by atoms with Gasteiger partial charge in [-0.15, -0.1) is 0 Å². The van der Waals surface area contributed by atoms with Gasteiger partial charge in [-0.2, -0.15) is 0 Å². The number of nitrogens with two attached hydrogens (primary N) is 1. The minimum Gasteiger partial charge on any atom is -0.356 e. The van der Waals surface area contributed by atoms with Gasteiger partial charge in [0.2, 0.25) is 5.91 Å². The first-order valence-electron chi connectivity index (χ1n) is 6.65. The van der Waals surface area contributed by atoms with E-state index >= 15 is 0 Å². The van der Waals surface area contributed by atoms with Crippen molar-refractivity contribution < 1.29 is 4.79 Å². The third-order valence-electron chi connectivity index (χ3n) is 3.10. The Bertz CT molecular complexity index is 563. The number of rotatable bonds is 5. The van der Waals surface area contributed by atoms with E-state index in [0.717, 1.165) is 12.0 Å². The summed E-state index contributed by atoms with van der Waals surface area (Å²) in [4.78, 5) is 11.8. The third-order valence-corrected chi connectivity index (χ3v) is 3.10. The van der Waals surface area contributed by atoms with E-state index in [4.69, 9.17) is 5.73 Å². The third kappa shape index (κ3) is 4.07. The first kappa shape index (κ1) is 13.6. The molecule has 1 unspecified atom stereocenters. The Balaban J connectivity index is 1.95. The summed E-state index contributed by atoms with van der Waals surface area (Å²) in [5, 5.41) is 5.26. The largest absolute Gasteiger partial charge is 0.356 e. The topological polar surface area (TPSA) is 55.1 Å². The smallest absolute Gasteiger partial charge is 0.224 e. The van der Waals surface area contributed by atoms with Crippen molar-refractivity contribution in [1.29, 1.82) is 0 Å². The maximum atomic E-state index is 11.8. The van der Waals surface area contributed by atoms with Crippen LogP contribution in [0.25, 0.3) is 10.8 Å². The summed E-state index contributed by atoms with van der Waals surface area (Å²) in [5.41, 5.74) is 6.68. The molecule has 19 heavy (non-hydrogen) atoms. The Hall–Kier alpha value is -1.87. The SMILES string of the molecule is CC(N)CCNC(=O)Cc1ccc2ccccc2c1. The normalized spacial score (nSPS) is 12.3. The van der Waals surface area contributed by atoms with E-state index in [9.17, 15) is 4.79 Å². The van der Waals surface area contributed by atoms with Crippen LogP contribution in [0.1, 0.15) is 18.9 Å². The molecule has 0 aliphatic rings. The number of fused-ring (bicyclic) bond motifs is 1. The van der Waals surface area contributed by atoms with Gasteiger partial charge in [0.25, 0.3) is 0 Å². The van der Waals surface area contributed by atoms with E-state index in [1.807, 2.05) is 25.1 Å². The Kier molecular flexibility index (Phi) is 4.53. The summed E-state index contributed by atoms with van der Waals surface area (Å²) in [7, 11) is 0. The molecular formula is C16H20N2O. The minimum absolute atomic E-state index is 0.0518. The van der Waals surface area contributed by atoms with Crippen LogP contribution in [-0.4, -0.2) is 18.5 Å². The van der Waals surface area contributed by atoms with Crippen LogP contribution in [-0.2, 0) is 11.2 Å². The van der Waals surface area contributed by atoms with Gasteiger partial charge in [-0.05, 0) is 29.7 Å². The summed E-state index contributed by atoms with van der Waals surface area (Å²) >= 11 is 0. The highest BCUT2D eigenvalue weighted by Gasteiger charge is 2.04. The molecule has 0 aliphatic carbocycles. The molecule has 0 heterocycles. The van der Waals surface area contributed by atoms with E-state index in [1.54, 1.807) is 0 Å². The lowest BCUT2D eigenvalue weighted by Gasteiger charge is -2.08. The first-order chi connectivity index (χ1) is 9.15. The standard InChI is InChI=1S/C16H20N2O/c1-12(17)8-9-18-16(19)11-13-6-7-14-4-2-3-5-15(14)10-13/h2-7,10,12H,8-9,11,17H2,1H3,(H,18,19). The summed E-state index contributed by atoms with van der Waals surface area (Å²) in [6.45, 7) is 2.58. The van der Waals surface area contributed by atoms with Gasteiger partial charge in [0, 0.05) is 12.6 Å². The zero-order valence-corrected chi connectivity index (χ0v) is 11.2. The molecule has 0 saturated heterocycles. The quantitative estimate of drug-likeness (QED) is 0.862. The zero-order valence-electron chi connectivity index (χ0n) is 11.2. The Morgan fingerprint density at radius 3 is 2.68 bits per heavy atom. The highest BCUT2D eigenvalue weighted by Crippen LogP contribution is 2.15. The highest BCUT2D eigenvalue weighted by atomic mass is 16.1. The van der Waals surface area contributed by atoms with E-state index in [-0.39, 0.29) is 11.9 Å². The Morgan fingerprint density at radius 1 is 1.21 bits per heavy atom. The maximum Gasteiger partial charge on any atom is 0.224 e. The molecule has 0 saturated carbocycles. The van der Waals surface area contributed by atoms with Crippen molar-refractivity contribution >= 4 is 16.7 Å². The highest BCUT2D eigenvalue weighted by molar-refractivity contribution is 5.85. The lowest BCUT2D eigenvalue weighted by Crippen LogP contribution is -2.29. The van der Waals surface area contributed by atoms with Gasteiger partial charge in [-0.3, -0.25) is 4.79 Å². The fraction of sp³-hybridized carbons (Fsp3) is 0.312. The predicted molar refractivity (Wildman–Crippen MR) is 78.9 cm³/mol. The molecule has 2 rings (SSSR count). The van der Waals surface area contributed by atoms with Crippen LogP contribution in [0, 0.1) is 0 Å². The number of carbonyl (C=O) groups excluding carboxylic acids is 1. The molecule has 1 amide bonds. The van der Waals surface area contributed by atoms with E-state index in [2.05, 4.69) is 29.6 Å². The van der Waals surface area contributed by atoms with Gasteiger partial charge in [0.15, 0.2) is 0 Å². The van der Waals surface area contributed by atoms with Crippen molar-refractivity contribution in [1.82, 2.24) is 5.32 Å². The molecule has 2 aromatic carbocycles. The van der Waals surface area contributed by atoms with Crippen LogP contribution in [0.2, 0.25) is 0 Å². The van der Waals surface area contributed by atoms with Gasteiger partial charge in [-0.25, -0.2) is 0 Å². The minimum atomic E-state index is 0.0518. The average molecular weight is 256 g/mol.